The van der Waals surface area contributed by atoms with Crippen molar-refractivity contribution in [3.63, 3.8) is 0 Å². The number of esters is 4. The molecule has 594 valence electrons. The van der Waals surface area contributed by atoms with Gasteiger partial charge < -0.3 is 33.8 Å². The lowest BCUT2D eigenvalue weighted by Gasteiger charge is -2.21. The van der Waals surface area contributed by atoms with Crippen molar-refractivity contribution in [1.82, 2.24) is 0 Å². The molecule has 100 heavy (non-hydrogen) atoms. The van der Waals surface area contributed by atoms with Gasteiger partial charge in [0.15, 0.2) is 12.2 Å². The Balaban J connectivity index is 5.16. The minimum absolute atomic E-state index is 0.108. The van der Waals surface area contributed by atoms with Gasteiger partial charge in [-0.1, -0.05) is 381 Å². The number of unbranched alkanes of at least 4 members (excludes halogenated alkanes) is 52. The number of carbonyl (C=O) groups excluding carboxylic acids is 4. The molecule has 0 amide bonds. The molecule has 6 atom stereocenters. The lowest BCUT2D eigenvalue weighted by atomic mass is 9.99. The van der Waals surface area contributed by atoms with E-state index >= 15 is 0 Å². The van der Waals surface area contributed by atoms with Crippen LogP contribution < -0.4 is 0 Å². The highest BCUT2D eigenvalue weighted by Crippen LogP contribution is 2.45. The van der Waals surface area contributed by atoms with Crippen molar-refractivity contribution in [1.29, 1.82) is 0 Å². The quantitative estimate of drug-likeness (QED) is 0.0222. The summed E-state index contributed by atoms with van der Waals surface area (Å²) in [6.45, 7) is 7.34. The number of hydrogen-bond donors (Lipinski definition) is 3. The maximum absolute atomic E-state index is 13.1. The second-order valence-corrected chi connectivity index (χ2v) is 32.3. The number of ether oxygens (including phenoxy) is 4. The van der Waals surface area contributed by atoms with Gasteiger partial charge in [0.2, 0.25) is 0 Å². The van der Waals surface area contributed by atoms with Crippen molar-refractivity contribution in [2.45, 2.75) is 451 Å². The van der Waals surface area contributed by atoms with Gasteiger partial charge in [-0.25, -0.2) is 9.13 Å². The first-order valence-electron chi connectivity index (χ1n) is 42.2. The zero-order chi connectivity index (χ0) is 73.4. The highest BCUT2D eigenvalue weighted by atomic mass is 31.2. The van der Waals surface area contributed by atoms with Gasteiger partial charge in [0.1, 0.15) is 19.3 Å². The van der Waals surface area contributed by atoms with E-state index < -0.39 is 97.5 Å². The summed E-state index contributed by atoms with van der Waals surface area (Å²) in [5.74, 6) is -1.26. The molecule has 17 nitrogen and oxygen atoms in total. The Morgan fingerprint density at radius 2 is 0.480 bits per heavy atom. The summed E-state index contributed by atoms with van der Waals surface area (Å²) in [4.78, 5) is 72.8. The summed E-state index contributed by atoms with van der Waals surface area (Å²) in [7, 11) is -9.91. The van der Waals surface area contributed by atoms with Crippen LogP contribution in [0.5, 0.6) is 0 Å². The number of phosphoric acid groups is 2. The van der Waals surface area contributed by atoms with Crippen LogP contribution in [0.2, 0.25) is 0 Å². The van der Waals surface area contributed by atoms with Crippen LogP contribution >= 0.6 is 15.6 Å². The molecule has 0 spiro atoms. The molecule has 0 heterocycles. The summed E-state index contributed by atoms with van der Waals surface area (Å²) in [6, 6.07) is 0. The fraction of sp³-hybridized carbons (Fsp3) is 0.951. The van der Waals surface area contributed by atoms with E-state index in [0.717, 1.165) is 109 Å². The lowest BCUT2D eigenvalue weighted by Crippen LogP contribution is -2.30. The van der Waals surface area contributed by atoms with E-state index in [1.807, 2.05) is 0 Å². The monoisotopic (exact) mass is 1470 g/mol. The molecule has 0 saturated heterocycles. The topological polar surface area (TPSA) is 237 Å². The third-order valence-electron chi connectivity index (χ3n) is 19.4. The average Bonchev–Trinajstić information content (AvgIpc) is 1.61. The molecule has 0 aliphatic carbocycles. The van der Waals surface area contributed by atoms with Gasteiger partial charge in [-0.2, -0.15) is 0 Å². The first-order chi connectivity index (χ1) is 48.6. The van der Waals surface area contributed by atoms with Crippen molar-refractivity contribution in [2.24, 2.45) is 5.92 Å². The number of rotatable bonds is 81. The summed E-state index contributed by atoms with van der Waals surface area (Å²) in [5.41, 5.74) is 0. The average molecular weight is 1470 g/mol. The Kier molecular flexibility index (Phi) is 72.5. The first kappa shape index (κ1) is 98.1. The molecule has 0 aromatic rings. The van der Waals surface area contributed by atoms with Crippen LogP contribution in [0.25, 0.3) is 0 Å². The van der Waals surface area contributed by atoms with Crippen molar-refractivity contribution in [3.05, 3.63) is 0 Å². The van der Waals surface area contributed by atoms with Crippen molar-refractivity contribution in [2.75, 3.05) is 39.6 Å². The second kappa shape index (κ2) is 73.9. The summed E-state index contributed by atoms with van der Waals surface area (Å²) in [5, 5.41) is 10.6. The minimum atomic E-state index is -4.96. The molecule has 0 radical (unpaired) electrons. The maximum atomic E-state index is 13.1. The van der Waals surface area contributed by atoms with Crippen molar-refractivity contribution >= 4 is 39.5 Å². The van der Waals surface area contributed by atoms with Gasteiger partial charge in [-0.3, -0.25) is 37.3 Å². The number of phosphoric ester groups is 2. The van der Waals surface area contributed by atoms with Crippen molar-refractivity contribution in [3.8, 4) is 0 Å². The fourth-order valence-electron chi connectivity index (χ4n) is 12.6. The Labute approximate surface area is 613 Å². The molecule has 0 aromatic carbocycles. The number of aliphatic hydroxyl groups is 1. The number of hydrogen-bond acceptors (Lipinski definition) is 15. The number of carbonyl (C=O) groups is 4. The van der Waals surface area contributed by atoms with Crippen LogP contribution in [0.15, 0.2) is 0 Å². The molecular weight excluding hydrogens is 1310 g/mol. The Bertz CT molecular complexity index is 1910. The molecule has 0 aliphatic heterocycles. The van der Waals surface area contributed by atoms with E-state index in [4.69, 9.17) is 37.0 Å². The van der Waals surface area contributed by atoms with Gasteiger partial charge in [0.05, 0.1) is 26.4 Å². The third-order valence-corrected chi connectivity index (χ3v) is 21.3. The Hall–Kier alpha value is -1.94. The Morgan fingerprint density at radius 3 is 0.710 bits per heavy atom. The standard InChI is InChI=1S/C81H158O17P2/c1-6-10-13-16-19-21-23-25-26-27-28-29-30-31-32-33-39-43-47-52-57-62-67-81(86)98-77(71-92-79(84)65-60-55-50-45-41-38-35-34-37-40-44-49-53-58-63-74(5)9-4)73-96-100(89,90)94-69-75(82)68-93-99(87,88)95-72-76(70-91-78(83)64-59-54-48-18-15-12-8-3)97-80(85)66-61-56-51-46-42-36-24-22-20-17-14-11-7-2/h74-77,82H,6-73H2,1-5H3,(H,87,88)(H,89,90)/t74?,75-,76+,77+/m0/s1. The van der Waals surface area contributed by atoms with Crippen molar-refractivity contribution < 1.29 is 80.2 Å². The van der Waals surface area contributed by atoms with E-state index in [2.05, 4.69) is 34.6 Å². The van der Waals surface area contributed by atoms with Crippen LogP contribution in [-0.4, -0.2) is 96.7 Å². The lowest BCUT2D eigenvalue weighted by molar-refractivity contribution is -0.161. The predicted octanol–water partition coefficient (Wildman–Crippen LogP) is 24.4. The zero-order valence-corrected chi connectivity index (χ0v) is 67.1. The SMILES string of the molecule is CCCCCCCCCCCCCCCCCCCCCCCCC(=O)O[C@H](COC(=O)CCCCCCCCCCCCCCCCC(C)CC)COP(=O)(O)OC[C@@H](O)COP(=O)(O)OC[C@@H](COC(=O)CCCCCCCCC)OC(=O)CCCCCCCCCCCCCCC. The third kappa shape index (κ3) is 73.0. The fourth-order valence-corrected chi connectivity index (χ4v) is 14.1. The molecule has 0 aliphatic rings. The van der Waals surface area contributed by atoms with E-state index in [1.54, 1.807) is 0 Å². The molecule has 3 N–H and O–H groups in total. The van der Waals surface area contributed by atoms with Crippen LogP contribution in [0.1, 0.15) is 433 Å². The smallest absolute Gasteiger partial charge is 0.462 e. The van der Waals surface area contributed by atoms with E-state index in [0.29, 0.717) is 25.7 Å². The van der Waals surface area contributed by atoms with E-state index in [-0.39, 0.29) is 25.7 Å². The molecule has 0 rings (SSSR count). The molecular formula is C81H158O17P2. The van der Waals surface area contributed by atoms with Crippen LogP contribution in [0.4, 0.5) is 0 Å². The zero-order valence-electron chi connectivity index (χ0n) is 65.3. The molecule has 0 bridgehead atoms. The molecule has 0 fully saturated rings. The summed E-state index contributed by atoms with van der Waals surface area (Å²) in [6.07, 6.45) is 65.4. The van der Waals surface area contributed by atoms with Crippen LogP contribution in [-0.2, 0) is 65.4 Å². The van der Waals surface area contributed by atoms with Crippen LogP contribution in [0.3, 0.4) is 0 Å². The largest absolute Gasteiger partial charge is 0.472 e. The van der Waals surface area contributed by atoms with Gasteiger partial charge in [-0.15, -0.1) is 0 Å². The van der Waals surface area contributed by atoms with Gasteiger partial charge in [0.25, 0.3) is 0 Å². The highest BCUT2D eigenvalue weighted by molar-refractivity contribution is 7.47. The Morgan fingerprint density at radius 1 is 0.280 bits per heavy atom. The second-order valence-electron chi connectivity index (χ2n) is 29.4. The summed E-state index contributed by atoms with van der Waals surface area (Å²) < 4.78 is 68.6. The molecule has 19 heteroatoms. The molecule has 0 saturated carbocycles. The first-order valence-corrected chi connectivity index (χ1v) is 45.2. The molecule has 0 aromatic heterocycles. The minimum Gasteiger partial charge on any atom is -0.462 e. The van der Waals surface area contributed by atoms with Gasteiger partial charge >= 0.3 is 39.5 Å². The predicted molar refractivity (Wildman–Crippen MR) is 409 cm³/mol. The normalized spacial score (nSPS) is 14.1. The van der Waals surface area contributed by atoms with E-state index in [9.17, 15) is 43.2 Å². The van der Waals surface area contributed by atoms with Gasteiger partial charge in [0, 0.05) is 25.7 Å². The van der Waals surface area contributed by atoms with E-state index in [1.165, 1.54) is 244 Å². The number of aliphatic hydroxyl groups excluding tert-OH is 1. The maximum Gasteiger partial charge on any atom is 0.472 e. The summed E-state index contributed by atoms with van der Waals surface area (Å²) >= 11 is 0. The molecule has 3 unspecified atom stereocenters. The highest BCUT2D eigenvalue weighted by Gasteiger charge is 2.30. The van der Waals surface area contributed by atoms with Crippen LogP contribution in [0, 0.1) is 5.92 Å². The van der Waals surface area contributed by atoms with Gasteiger partial charge in [-0.05, 0) is 31.6 Å².